The fourth-order valence-corrected chi connectivity index (χ4v) is 4.42. The van der Waals surface area contributed by atoms with Gasteiger partial charge in [0.1, 0.15) is 0 Å². The summed E-state index contributed by atoms with van der Waals surface area (Å²) in [5.74, 6) is -0.533. The lowest BCUT2D eigenvalue weighted by Gasteiger charge is -2.41. The molecular formula is C22H23ClN2O4S. The Balaban J connectivity index is 1.87. The van der Waals surface area contributed by atoms with E-state index >= 15 is 0 Å². The summed E-state index contributed by atoms with van der Waals surface area (Å²) in [6, 6.07) is 13.6. The van der Waals surface area contributed by atoms with Crippen molar-refractivity contribution in [2.24, 2.45) is 0 Å². The summed E-state index contributed by atoms with van der Waals surface area (Å²) in [5, 5.41) is 0.191. The third-order valence-corrected chi connectivity index (χ3v) is 6.58. The van der Waals surface area contributed by atoms with Crippen molar-refractivity contribution in [2.45, 2.75) is 17.4 Å². The number of carbonyl (C=O) groups is 2. The Morgan fingerprint density at radius 1 is 1.17 bits per heavy atom. The number of hydrogen-bond acceptors (Lipinski definition) is 4. The SMILES string of the molecule is C=CC(=O)N1CCN(C(=O)c2cc(S(C)(=O)=O)ccc2Cl)C[C@@H]1Cc1ccccc1. The molecule has 1 saturated heterocycles. The highest BCUT2D eigenvalue weighted by Crippen LogP contribution is 2.24. The molecule has 1 fully saturated rings. The van der Waals surface area contributed by atoms with Gasteiger partial charge in [0, 0.05) is 25.9 Å². The molecule has 0 saturated carbocycles. The number of nitrogens with zero attached hydrogens (tertiary/aromatic N) is 2. The smallest absolute Gasteiger partial charge is 0.255 e. The maximum absolute atomic E-state index is 13.2. The van der Waals surface area contributed by atoms with Crippen LogP contribution in [0.4, 0.5) is 0 Å². The van der Waals surface area contributed by atoms with E-state index in [4.69, 9.17) is 11.6 Å². The van der Waals surface area contributed by atoms with E-state index < -0.39 is 9.84 Å². The van der Waals surface area contributed by atoms with Crippen molar-refractivity contribution in [3.8, 4) is 0 Å². The summed E-state index contributed by atoms with van der Waals surface area (Å²) >= 11 is 6.21. The number of hydrogen-bond donors (Lipinski definition) is 0. The van der Waals surface area contributed by atoms with Gasteiger partial charge in [-0.25, -0.2) is 8.42 Å². The minimum absolute atomic E-state index is 0.0385. The average Bonchev–Trinajstić information content (AvgIpc) is 2.73. The molecule has 0 radical (unpaired) electrons. The highest BCUT2D eigenvalue weighted by atomic mass is 35.5. The molecular weight excluding hydrogens is 424 g/mol. The lowest BCUT2D eigenvalue weighted by atomic mass is 10.0. The third kappa shape index (κ3) is 4.91. The molecule has 0 bridgehead atoms. The molecule has 1 heterocycles. The Labute approximate surface area is 181 Å². The molecule has 1 aliphatic heterocycles. The van der Waals surface area contributed by atoms with E-state index in [1.165, 1.54) is 24.3 Å². The molecule has 2 aromatic rings. The Hall–Kier alpha value is -2.64. The van der Waals surface area contributed by atoms with Gasteiger partial charge in [0.05, 0.1) is 21.5 Å². The van der Waals surface area contributed by atoms with Crippen LogP contribution in [0.25, 0.3) is 0 Å². The zero-order valence-electron chi connectivity index (χ0n) is 16.6. The van der Waals surface area contributed by atoms with Crippen LogP contribution in [-0.4, -0.2) is 62.0 Å². The van der Waals surface area contributed by atoms with E-state index in [1.54, 1.807) is 9.80 Å². The number of halogens is 1. The number of benzene rings is 2. The van der Waals surface area contributed by atoms with Gasteiger partial charge in [0.2, 0.25) is 5.91 Å². The molecule has 2 amide bonds. The molecule has 0 spiro atoms. The van der Waals surface area contributed by atoms with E-state index in [-0.39, 0.29) is 33.3 Å². The maximum atomic E-state index is 13.2. The molecule has 1 aliphatic rings. The van der Waals surface area contributed by atoms with Crippen LogP contribution in [-0.2, 0) is 21.1 Å². The minimum atomic E-state index is -3.47. The Bertz CT molecular complexity index is 1070. The van der Waals surface area contributed by atoms with Crippen LogP contribution in [0, 0.1) is 0 Å². The third-order valence-electron chi connectivity index (χ3n) is 5.14. The van der Waals surface area contributed by atoms with E-state index in [9.17, 15) is 18.0 Å². The summed E-state index contributed by atoms with van der Waals surface area (Å²) in [6.07, 6.45) is 2.95. The molecule has 30 heavy (non-hydrogen) atoms. The minimum Gasteiger partial charge on any atom is -0.335 e. The fraction of sp³-hybridized carbons (Fsp3) is 0.273. The molecule has 0 aromatic heterocycles. The summed E-state index contributed by atoms with van der Waals surface area (Å²) in [4.78, 5) is 28.9. The van der Waals surface area contributed by atoms with Crippen LogP contribution >= 0.6 is 11.6 Å². The number of rotatable bonds is 5. The Morgan fingerprint density at radius 3 is 2.50 bits per heavy atom. The normalized spacial score (nSPS) is 16.9. The van der Waals surface area contributed by atoms with Crippen molar-refractivity contribution < 1.29 is 18.0 Å². The molecule has 1 atom stereocenters. The van der Waals surface area contributed by atoms with Crippen molar-refractivity contribution in [3.63, 3.8) is 0 Å². The van der Waals surface area contributed by atoms with Crippen LogP contribution in [0.2, 0.25) is 5.02 Å². The zero-order chi connectivity index (χ0) is 21.9. The van der Waals surface area contributed by atoms with Gasteiger partial charge in [-0.1, -0.05) is 48.5 Å². The number of amides is 2. The molecule has 3 rings (SSSR count). The number of carbonyl (C=O) groups excluding carboxylic acids is 2. The highest BCUT2D eigenvalue weighted by molar-refractivity contribution is 7.90. The predicted octanol–water partition coefficient (Wildman–Crippen LogP) is 2.83. The second-order valence-corrected chi connectivity index (χ2v) is 9.67. The fourth-order valence-electron chi connectivity index (χ4n) is 3.58. The van der Waals surface area contributed by atoms with Gasteiger partial charge in [-0.3, -0.25) is 9.59 Å². The highest BCUT2D eigenvalue weighted by Gasteiger charge is 2.32. The van der Waals surface area contributed by atoms with E-state index in [0.717, 1.165) is 11.8 Å². The van der Waals surface area contributed by atoms with Gasteiger partial charge < -0.3 is 9.80 Å². The quantitative estimate of drug-likeness (QED) is 0.662. The molecule has 2 aromatic carbocycles. The van der Waals surface area contributed by atoms with Gasteiger partial charge in [-0.2, -0.15) is 0 Å². The summed E-state index contributed by atoms with van der Waals surface area (Å²) in [7, 11) is -3.47. The predicted molar refractivity (Wildman–Crippen MR) is 116 cm³/mol. The topological polar surface area (TPSA) is 74.8 Å². The van der Waals surface area contributed by atoms with Crippen molar-refractivity contribution in [3.05, 3.63) is 77.3 Å². The summed E-state index contributed by atoms with van der Waals surface area (Å²) in [6.45, 7) is 4.57. The summed E-state index contributed by atoms with van der Waals surface area (Å²) in [5.41, 5.74) is 1.19. The molecule has 6 nitrogen and oxygen atoms in total. The largest absolute Gasteiger partial charge is 0.335 e. The molecule has 0 aliphatic carbocycles. The second-order valence-electron chi connectivity index (χ2n) is 7.24. The Morgan fingerprint density at radius 2 is 1.87 bits per heavy atom. The van der Waals surface area contributed by atoms with Crippen molar-refractivity contribution >= 4 is 33.3 Å². The zero-order valence-corrected chi connectivity index (χ0v) is 18.2. The van der Waals surface area contributed by atoms with E-state index in [0.29, 0.717) is 26.1 Å². The van der Waals surface area contributed by atoms with E-state index in [1.807, 2.05) is 30.3 Å². The van der Waals surface area contributed by atoms with Crippen LogP contribution in [0.5, 0.6) is 0 Å². The van der Waals surface area contributed by atoms with Gasteiger partial charge in [0.25, 0.3) is 5.91 Å². The summed E-state index contributed by atoms with van der Waals surface area (Å²) < 4.78 is 23.8. The van der Waals surface area contributed by atoms with Gasteiger partial charge in [-0.15, -0.1) is 0 Å². The lowest BCUT2D eigenvalue weighted by Crippen LogP contribution is -2.57. The van der Waals surface area contributed by atoms with Crippen molar-refractivity contribution in [1.82, 2.24) is 9.80 Å². The van der Waals surface area contributed by atoms with Gasteiger partial charge in [-0.05, 0) is 36.3 Å². The van der Waals surface area contributed by atoms with Crippen LogP contribution in [0.1, 0.15) is 15.9 Å². The van der Waals surface area contributed by atoms with E-state index in [2.05, 4.69) is 6.58 Å². The van der Waals surface area contributed by atoms with Gasteiger partial charge >= 0.3 is 0 Å². The first-order chi connectivity index (χ1) is 14.2. The van der Waals surface area contributed by atoms with Crippen LogP contribution < -0.4 is 0 Å². The first-order valence-electron chi connectivity index (χ1n) is 9.46. The van der Waals surface area contributed by atoms with Crippen LogP contribution in [0.15, 0.2) is 66.1 Å². The molecule has 158 valence electrons. The molecule has 0 unspecified atom stereocenters. The second kappa shape index (κ2) is 9.02. The molecule has 0 N–H and O–H groups in total. The van der Waals surface area contributed by atoms with Gasteiger partial charge in [0.15, 0.2) is 9.84 Å². The number of sulfone groups is 1. The lowest BCUT2D eigenvalue weighted by molar-refractivity contribution is -0.130. The first-order valence-corrected chi connectivity index (χ1v) is 11.7. The average molecular weight is 447 g/mol. The maximum Gasteiger partial charge on any atom is 0.255 e. The number of piperazine rings is 1. The standard InChI is InChI=1S/C22H23ClN2O4S/c1-3-21(26)25-12-11-24(15-17(25)13-16-7-5-4-6-8-16)22(27)19-14-18(30(2,28)29)9-10-20(19)23/h3-10,14,17H,1,11-13,15H2,2H3/t17-/m0/s1. The monoisotopic (exact) mass is 446 g/mol. The molecule has 8 heteroatoms. The van der Waals surface area contributed by atoms with Crippen LogP contribution in [0.3, 0.4) is 0 Å². The first kappa shape index (κ1) is 22.1. The van der Waals surface area contributed by atoms with Crippen molar-refractivity contribution in [1.29, 1.82) is 0 Å². The Kier molecular flexibility index (Phi) is 6.63. The van der Waals surface area contributed by atoms with Crippen molar-refractivity contribution in [2.75, 3.05) is 25.9 Å².